The van der Waals surface area contributed by atoms with Crippen LogP contribution >= 0.6 is 0 Å². The van der Waals surface area contributed by atoms with E-state index in [1.807, 2.05) is 0 Å². The van der Waals surface area contributed by atoms with Gasteiger partial charge in [0.1, 0.15) is 5.75 Å². The molecular formula is C23H21N3O7S2. The molecule has 4 rings (SSSR count). The Kier molecular flexibility index (Phi) is 6.50. The van der Waals surface area contributed by atoms with E-state index in [4.69, 9.17) is 4.74 Å². The molecule has 1 saturated heterocycles. The summed E-state index contributed by atoms with van der Waals surface area (Å²) in [6, 6.07) is 16.9. The van der Waals surface area contributed by atoms with Crippen LogP contribution in [0.2, 0.25) is 0 Å². The Labute approximate surface area is 202 Å². The van der Waals surface area contributed by atoms with Gasteiger partial charge in [0.2, 0.25) is 11.8 Å². The quantitative estimate of drug-likeness (QED) is 0.440. The molecule has 3 aromatic carbocycles. The van der Waals surface area contributed by atoms with Gasteiger partial charge < -0.3 is 4.74 Å². The Morgan fingerprint density at radius 1 is 0.657 bits per heavy atom. The Morgan fingerprint density at radius 3 is 1.49 bits per heavy atom. The number of carbonyl (C=O) groups is 2. The highest BCUT2D eigenvalue weighted by molar-refractivity contribution is 7.93. The molecule has 35 heavy (non-hydrogen) atoms. The third kappa shape index (κ3) is 5.28. The van der Waals surface area contributed by atoms with E-state index in [1.165, 1.54) is 55.6 Å². The van der Waals surface area contributed by atoms with Gasteiger partial charge in [-0.3, -0.25) is 23.9 Å². The maximum absolute atomic E-state index is 12.7. The summed E-state index contributed by atoms with van der Waals surface area (Å²) < 4.78 is 60.6. The molecule has 1 aliphatic heterocycles. The highest BCUT2D eigenvalue weighted by Crippen LogP contribution is 2.26. The zero-order valence-electron chi connectivity index (χ0n) is 18.5. The first-order valence-corrected chi connectivity index (χ1v) is 13.3. The zero-order chi connectivity index (χ0) is 25.2. The molecule has 1 heterocycles. The molecule has 0 aromatic heterocycles. The van der Waals surface area contributed by atoms with E-state index in [0.29, 0.717) is 17.1 Å². The molecule has 0 aliphatic carbocycles. The first-order chi connectivity index (χ1) is 16.6. The molecule has 2 N–H and O–H groups in total. The number of rotatable bonds is 8. The van der Waals surface area contributed by atoms with Gasteiger partial charge in [-0.2, -0.15) is 0 Å². The number of imide groups is 1. The maximum Gasteiger partial charge on any atom is 0.261 e. The lowest BCUT2D eigenvalue weighted by Gasteiger charge is -2.14. The van der Waals surface area contributed by atoms with E-state index in [-0.39, 0.29) is 40.1 Å². The molecule has 1 fully saturated rings. The van der Waals surface area contributed by atoms with Crippen LogP contribution in [0.4, 0.5) is 17.1 Å². The zero-order valence-corrected chi connectivity index (χ0v) is 20.1. The van der Waals surface area contributed by atoms with E-state index < -0.39 is 20.0 Å². The molecule has 1 aliphatic rings. The van der Waals surface area contributed by atoms with Crippen molar-refractivity contribution in [1.82, 2.24) is 0 Å². The third-order valence-electron chi connectivity index (χ3n) is 5.22. The van der Waals surface area contributed by atoms with Crippen LogP contribution in [0, 0.1) is 0 Å². The fourth-order valence-electron chi connectivity index (χ4n) is 3.43. The number of nitrogens with one attached hydrogen (secondary N) is 2. The predicted octanol–water partition coefficient (Wildman–Crippen LogP) is 2.95. The van der Waals surface area contributed by atoms with Gasteiger partial charge in [-0.15, -0.1) is 0 Å². The molecule has 3 aromatic rings. The van der Waals surface area contributed by atoms with Crippen LogP contribution < -0.4 is 19.1 Å². The van der Waals surface area contributed by atoms with Gasteiger partial charge in [-0.1, -0.05) is 0 Å². The molecule has 12 heteroatoms. The summed E-state index contributed by atoms with van der Waals surface area (Å²) in [4.78, 5) is 24.6. The number of hydrogen-bond donors (Lipinski definition) is 2. The number of hydrogen-bond acceptors (Lipinski definition) is 7. The number of benzene rings is 3. The molecule has 0 radical (unpaired) electrons. The summed E-state index contributed by atoms with van der Waals surface area (Å²) in [5, 5.41) is 0. The second-order valence-corrected chi connectivity index (χ2v) is 10.9. The second kappa shape index (κ2) is 9.39. The van der Waals surface area contributed by atoms with E-state index in [9.17, 15) is 26.4 Å². The first-order valence-electron chi connectivity index (χ1n) is 10.3. The van der Waals surface area contributed by atoms with Gasteiger partial charge in [-0.25, -0.2) is 16.8 Å². The van der Waals surface area contributed by atoms with Crippen LogP contribution in [0.3, 0.4) is 0 Å². The average molecular weight is 516 g/mol. The number of carbonyl (C=O) groups excluding carboxylic acids is 2. The van der Waals surface area contributed by atoms with Crippen LogP contribution in [0.25, 0.3) is 0 Å². The number of sulfonamides is 2. The minimum atomic E-state index is -4.00. The molecule has 2 amide bonds. The number of nitrogens with zero attached hydrogens (tertiary/aromatic N) is 1. The predicted molar refractivity (Wildman–Crippen MR) is 129 cm³/mol. The Bertz CT molecular complexity index is 1450. The number of methoxy groups -OCH3 is 1. The average Bonchev–Trinajstić information content (AvgIpc) is 3.17. The van der Waals surface area contributed by atoms with Crippen LogP contribution in [-0.2, 0) is 29.6 Å². The third-order valence-corrected chi connectivity index (χ3v) is 8.01. The van der Waals surface area contributed by atoms with E-state index in [2.05, 4.69) is 9.44 Å². The van der Waals surface area contributed by atoms with Crippen LogP contribution in [0.1, 0.15) is 12.8 Å². The summed E-state index contributed by atoms with van der Waals surface area (Å²) in [7, 11) is -6.39. The number of anilines is 3. The van der Waals surface area contributed by atoms with Crippen LogP contribution in [0.15, 0.2) is 82.6 Å². The van der Waals surface area contributed by atoms with Crippen molar-refractivity contribution in [2.45, 2.75) is 22.6 Å². The minimum absolute atomic E-state index is 0.0550. The molecular weight excluding hydrogens is 494 g/mol. The summed E-state index contributed by atoms with van der Waals surface area (Å²) >= 11 is 0. The van der Waals surface area contributed by atoms with Crippen molar-refractivity contribution in [3.8, 4) is 5.75 Å². The van der Waals surface area contributed by atoms with Crippen LogP contribution in [-0.4, -0.2) is 35.8 Å². The van der Waals surface area contributed by atoms with Crippen molar-refractivity contribution < 1.29 is 31.2 Å². The van der Waals surface area contributed by atoms with Crippen molar-refractivity contribution >= 4 is 48.9 Å². The SMILES string of the molecule is COc1ccc(NS(=O)(=O)c2ccc(NS(=O)(=O)c3ccc(N4C(=O)CCC4=O)cc3)cc2)cc1. The highest BCUT2D eigenvalue weighted by atomic mass is 32.2. The first kappa shape index (κ1) is 24.2. The van der Waals surface area contributed by atoms with E-state index in [1.54, 1.807) is 24.3 Å². The van der Waals surface area contributed by atoms with Crippen molar-refractivity contribution in [1.29, 1.82) is 0 Å². The van der Waals surface area contributed by atoms with Crippen molar-refractivity contribution in [3.63, 3.8) is 0 Å². The van der Waals surface area contributed by atoms with Gasteiger partial charge in [0.05, 0.1) is 22.6 Å². The van der Waals surface area contributed by atoms with Gasteiger partial charge >= 0.3 is 0 Å². The standard InChI is InChI=1S/C23H21N3O7S2/c1-33-19-8-2-16(3-9-19)24-34(29,30)20-10-4-17(5-11-20)25-35(31,32)21-12-6-18(7-13-21)26-22(27)14-15-23(26)28/h2-13,24-25H,14-15H2,1H3. The fraction of sp³-hybridized carbons (Fsp3) is 0.130. The Hall–Kier alpha value is -3.90. The molecule has 0 bridgehead atoms. The van der Waals surface area contributed by atoms with E-state index >= 15 is 0 Å². The highest BCUT2D eigenvalue weighted by Gasteiger charge is 2.30. The normalized spacial score (nSPS) is 14.1. The summed E-state index contributed by atoms with van der Waals surface area (Å²) in [5.74, 6) is -0.0854. The summed E-state index contributed by atoms with van der Waals surface area (Å²) in [5.41, 5.74) is 0.800. The Balaban J connectivity index is 1.46. The van der Waals surface area contributed by atoms with Gasteiger partial charge in [0.15, 0.2) is 0 Å². The lowest BCUT2D eigenvalue weighted by atomic mass is 10.3. The molecule has 0 unspecified atom stereocenters. The largest absolute Gasteiger partial charge is 0.497 e. The molecule has 10 nitrogen and oxygen atoms in total. The topological polar surface area (TPSA) is 139 Å². The van der Waals surface area contributed by atoms with Gasteiger partial charge in [0.25, 0.3) is 20.0 Å². The Morgan fingerprint density at radius 2 is 1.06 bits per heavy atom. The van der Waals surface area contributed by atoms with Gasteiger partial charge in [0, 0.05) is 24.2 Å². The van der Waals surface area contributed by atoms with E-state index in [0.717, 1.165) is 4.90 Å². The summed E-state index contributed by atoms with van der Waals surface area (Å²) in [6.45, 7) is 0. The lowest BCUT2D eigenvalue weighted by Crippen LogP contribution is -2.28. The molecule has 182 valence electrons. The van der Waals surface area contributed by atoms with Crippen molar-refractivity contribution in [3.05, 3.63) is 72.8 Å². The fourth-order valence-corrected chi connectivity index (χ4v) is 5.55. The monoisotopic (exact) mass is 515 g/mol. The van der Waals surface area contributed by atoms with Crippen molar-refractivity contribution in [2.24, 2.45) is 0 Å². The maximum atomic E-state index is 12.7. The smallest absolute Gasteiger partial charge is 0.261 e. The minimum Gasteiger partial charge on any atom is -0.497 e. The number of ether oxygens (including phenoxy) is 1. The number of amides is 2. The molecule has 0 atom stereocenters. The molecule has 0 saturated carbocycles. The second-order valence-electron chi connectivity index (χ2n) is 7.58. The summed E-state index contributed by atoms with van der Waals surface area (Å²) in [6.07, 6.45) is 0.254. The lowest BCUT2D eigenvalue weighted by molar-refractivity contribution is -0.121. The van der Waals surface area contributed by atoms with Gasteiger partial charge in [-0.05, 0) is 72.8 Å². The molecule has 0 spiro atoms. The van der Waals surface area contributed by atoms with Crippen LogP contribution in [0.5, 0.6) is 5.75 Å². The van der Waals surface area contributed by atoms with Crippen molar-refractivity contribution in [2.75, 3.05) is 21.5 Å².